The van der Waals surface area contributed by atoms with Gasteiger partial charge in [0.05, 0.1) is 44.2 Å². The Hall–Kier alpha value is -7.62. The van der Waals surface area contributed by atoms with Crippen molar-refractivity contribution in [1.82, 2.24) is 13.7 Å². The highest BCUT2D eigenvalue weighted by Gasteiger charge is 2.51. The highest BCUT2D eigenvalue weighted by molar-refractivity contribution is 6.14. The molecule has 12 aromatic rings. The monoisotopic (exact) mass is 735 g/mol. The van der Waals surface area contributed by atoms with Crippen LogP contribution in [0, 0.1) is 0 Å². The number of benzene rings is 9. The minimum Gasteiger partial charge on any atom is -0.309 e. The van der Waals surface area contributed by atoms with Gasteiger partial charge in [-0.05, 0) is 94.0 Å². The van der Waals surface area contributed by atoms with E-state index in [0.29, 0.717) is 0 Å². The molecule has 0 saturated heterocycles. The van der Waals surface area contributed by atoms with Gasteiger partial charge >= 0.3 is 0 Å². The summed E-state index contributed by atoms with van der Waals surface area (Å²) in [6, 6.07) is 74.9. The summed E-state index contributed by atoms with van der Waals surface area (Å²) in [6.45, 7) is 0. The zero-order chi connectivity index (χ0) is 37.7. The predicted octanol–water partition coefficient (Wildman–Crippen LogP) is 13.7. The lowest BCUT2D eigenvalue weighted by Crippen LogP contribution is -2.33. The van der Waals surface area contributed by atoms with Crippen molar-refractivity contribution in [3.05, 3.63) is 222 Å². The van der Waals surface area contributed by atoms with Gasteiger partial charge in [-0.15, -0.1) is 0 Å². The number of hydrogen-bond donors (Lipinski definition) is 0. The molecule has 268 valence electrons. The molecule has 1 spiro atoms. The Morgan fingerprint density at radius 2 is 0.655 bits per heavy atom. The molecule has 0 saturated carbocycles. The SMILES string of the molecule is c1ccc2c(c1)-n1c3ccccc3c3cccc(c31)C21c2ccc(-n3c4ccccc4c4ccccc43)cc2-c2cc(-n3c4ccccc4c4ccccc43)ccc21. The number of rotatable bonds is 2. The van der Waals surface area contributed by atoms with Crippen molar-refractivity contribution in [2.24, 2.45) is 0 Å². The van der Waals surface area contributed by atoms with Crippen molar-refractivity contribution in [2.45, 2.75) is 5.41 Å². The molecule has 3 heteroatoms. The maximum absolute atomic E-state index is 2.52. The minimum absolute atomic E-state index is 0.538. The summed E-state index contributed by atoms with van der Waals surface area (Å²) in [7, 11) is 0. The first-order valence-electron chi connectivity index (χ1n) is 20.2. The lowest BCUT2D eigenvalue weighted by atomic mass is 9.65. The van der Waals surface area contributed by atoms with Crippen molar-refractivity contribution in [1.29, 1.82) is 0 Å². The van der Waals surface area contributed by atoms with E-state index in [-0.39, 0.29) is 0 Å². The highest BCUT2D eigenvalue weighted by atomic mass is 15.0. The van der Waals surface area contributed by atoms with E-state index in [9.17, 15) is 0 Å². The van der Waals surface area contributed by atoms with Gasteiger partial charge in [-0.1, -0.05) is 140 Å². The van der Waals surface area contributed by atoms with Gasteiger partial charge in [-0.2, -0.15) is 0 Å². The Balaban J connectivity index is 1.14. The second-order valence-electron chi connectivity index (χ2n) is 16.0. The lowest BCUT2D eigenvalue weighted by molar-refractivity contribution is 0.748. The van der Waals surface area contributed by atoms with Crippen LogP contribution in [0.3, 0.4) is 0 Å². The first kappa shape index (κ1) is 30.6. The number of nitrogens with zero attached hydrogens (tertiary/aromatic N) is 3. The van der Waals surface area contributed by atoms with E-state index < -0.39 is 5.41 Å². The molecule has 58 heavy (non-hydrogen) atoms. The molecule has 2 aliphatic rings. The van der Waals surface area contributed by atoms with E-state index in [0.717, 1.165) is 11.4 Å². The van der Waals surface area contributed by atoms with Gasteiger partial charge in [-0.3, -0.25) is 0 Å². The van der Waals surface area contributed by atoms with Crippen LogP contribution in [-0.2, 0) is 5.41 Å². The maximum atomic E-state index is 2.52. The first-order chi connectivity index (χ1) is 28.8. The Kier molecular flexibility index (Phi) is 5.70. The highest BCUT2D eigenvalue weighted by Crippen LogP contribution is 2.61. The second kappa shape index (κ2) is 10.8. The third-order valence-electron chi connectivity index (χ3n) is 13.4. The Bertz CT molecular complexity index is 3490. The van der Waals surface area contributed by atoms with Crippen molar-refractivity contribution in [3.8, 4) is 28.2 Å². The molecule has 14 rings (SSSR count). The number of hydrogen-bond acceptors (Lipinski definition) is 0. The predicted molar refractivity (Wildman–Crippen MR) is 240 cm³/mol. The largest absolute Gasteiger partial charge is 0.309 e. The van der Waals surface area contributed by atoms with Crippen molar-refractivity contribution in [3.63, 3.8) is 0 Å². The van der Waals surface area contributed by atoms with Crippen LogP contribution in [0.4, 0.5) is 0 Å². The van der Waals surface area contributed by atoms with Crippen LogP contribution in [-0.4, -0.2) is 13.7 Å². The van der Waals surface area contributed by atoms with Crippen LogP contribution < -0.4 is 0 Å². The minimum atomic E-state index is -0.538. The molecule has 0 unspecified atom stereocenters. The van der Waals surface area contributed by atoms with Gasteiger partial charge in [0.25, 0.3) is 0 Å². The standard InChI is InChI=1S/C55H33N3/c1-7-22-48-36(14-1)37-15-2-8-23-49(37)56(48)34-28-30-44-42(32-34)43-33-35(57-50-24-9-3-16-38(50)39-17-4-10-25-51(39)57)29-31-45(43)55(44)46-20-6-12-27-53(46)58-52-26-11-5-18-40(52)41-19-13-21-47(55)54(41)58/h1-33H. The summed E-state index contributed by atoms with van der Waals surface area (Å²) in [6.07, 6.45) is 0. The topological polar surface area (TPSA) is 14.8 Å². The third-order valence-corrected chi connectivity index (χ3v) is 13.4. The van der Waals surface area contributed by atoms with E-state index in [1.165, 1.54) is 104 Å². The van der Waals surface area contributed by atoms with Crippen molar-refractivity contribution in [2.75, 3.05) is 0 Å². The zero-order valence-corrected chi connectivity index (χ0v) is 31.4. The normalized spacial score (nSPS) is 13.7. The molecule has 0 amide bonds. The fourth-order valence-corrected chi connectivity index (χ4v) is 11.3. The molecule has 0 bridgehead atoms. The molecule has 0 fully saturated rings. The fourth-order valence-electron chi connectivity index (χ4n) is 11.3. The fraction of sp³-hybridized carbons (Fsp3) is 0.0182. The van der Waals surface area contributed by atoms with E-state index >= 15 is 0 Å². The quantitative estimate of drug-likeness (QED) is 0.168. The van der Waals surface area contributed by atoms with Gasteiger partial charge in [-0.25, -0.2) is 0 Å². The molecular formula is C55H33N3. The lowest BCUT2D eigenvalue weighted by Gasteiger charge is -2.39. The molecule has 0 N–H and O–H groups in total. The van der Waals surface area contributed by atoms with Crippen LogP contribution >= 0.6 is 0 Å². The summed E-state index contributed by atoms with van der Waals surface area (Å²) in [5, 5.41) is 7.65. The molecule has 0 atom stereocenters. The van der Waals surface area contributed by atoms with Crippen LogP contribution in [0.1, 0.15) is 22.3 Å². The molecule has 9 aromatic carbocycles. The third kappa shape index (κ3) is 3.57. The van der Waals surface area contributed by atoms with Gasteiger partial charge in [0.15, 0.2) is 0 Å². The summed E-state index contributed by atoms with van der Waals surface area (Å²) in [4.78, 5) is 0. The molecule has 1 aliphatic carbocycles. The molecule has 3 aromatic heterocycles. The Morgan fingerprint density at radius 1 is 0.276 bits per heavy atom. The Morgan fingerprint density at radius 3 is 1.16 bits per heavy atom. The number of fused-ring (bicyclic) bond motifs is 18. The summed E-state index contributed by atoms with van der Waals surface area (Å²) >= 11 is 0. The molecule has 3 nitrogen and oxygen atoms in total. The second-order valence-corrected chi connectivity index (χ2v) is 16.0. The Labute approximate surface area is 333 Å². The summed E-state index contributed by atoms with van der Waals surface area (Å²) in [5.74, 6) is 0. The van der Waals surface area contributed by atoms with E-state index in [1.807, 2.05) is 0 Å². The smallest absolute Gasteiger partial charge is 0.0754 e. The summed E-state index contributed by atoms with van der Waals surface area (Å²) in [5.41, 5.74) is 18.3. The van der Waals surface area contributed by atoms with E-state index in [1.54, 1.807) is 0 Å². The van der Waals surface area contributed by atoms with Crippen LogP contribution in [0.25, 0.3) is 93.6 Å². The molecule has 1 aliphatic heterocycles. The van der Waals surface area contributed by atoms with Crippen LogP contribution in [0.15, 0.2) is 200 Å². The van der Waals surface area contributed by atoms with Gasteiger partial charge in [0, 0.05) is 43.7 Å². The van der Waals surface area contributed by atoms with Crippen molar-refractivity contribution >= 4 is 65.4 Å². The average Bonchev–Trinajstić information content (AvgIpc) is 4.00. The van der Waals surface area contributed by atoms with Gasteiger partial charge < -0.3 is 13.7 Å². The van der Waals surface area contributed by atoms with Crippen LogP contribution in [0.2, 0.25) is 0 Å². The van der Waals surface area contributed by atoms with Gasteiger partial charge in [0.2, 0.25) is 0 Å². The molecule has 4 heterocycles. The number of aromatic nitrogens is 3. The van der Waals surface area contributed by atoms with E-state index in [2.05, 4.69) is 214 Å². The molecule has 0 radical (unpaired) electrons. The van der Waals surface area contributed by atoms with Crippen LogP contribution in [0.5, 0.6) is 0 Å². The number of para-hydroxylation sites is 7. The first-order valence-corrected chi connectivity index (χ1v) is 20.2. The zero-order valence-electron chi connectivity index (χ0n) is 31.4. The maximum Gasteiger partial charge on any atom is 0.0754 e. The van der Waals surface area contributed by atoms with Gasteiger partial charge in [0.1, 0.15) is 0 Å². The molecular weight excluding hydrogens is 703 g/mol. The van der Waals surface area contributed by atoms with E-state index in [4.69, 9.17) is 0 Å². The van der Waals surface area contributed by atoms with Crippen molar-refractivity contribution < 1.29 is 0 Å². The average molecular weight is 736 g/mol. The summed E-state index contributed by atoms with van der Waals surface area (Å²) < 4.78 is 7.44.